The first-order valence-electron chi connectivity index (χ1n) is 7.99. The molecule has 0 bridgehead atoms. The van der Waals surface area contributed by atoms with Gasteiger partial charge in [-0.15, -0.1) is 5.10 Å². The number of hydrogen-bond donors (Lipinski definition) is 1. The maximum absolute atomic E-state index is 5.91. The predicted octanol–water partition coefficient (Wildman–Crippen LogP) is 3.08. The number of nitrogens with zero attached hydrogens (tertiary/aromatic N) is 3. The average Bonchev–Trinajstić information content (AvgIpc) is 3.09. The highest BCUT2D eigenvalue weighted by Gasteiger charge is 2.11. The van der Waals surface area contributed by atoms with E-state index in [2.05, 4.69) is 5.10 Å². The lowest BCUT2D eigenvalue weighted by Gasteiger charge is -2.18. The number of nitrogens with two attached hydrogens (primary N) is 1. The molecule has 3 rings (SSSR count). The Kier molecular flexibility index (Phi) is 4.90. The maximum atomic E-state index is 5.91. The Hall–Kier alpha value is -2.99. The van der Waals surface area contributed by atoms with E-state index in [0.29, 0.717) is 12.5 Å². The molecular weight excluding hydrogens is 316 g/mol. The second-order valence-corrected chi connectivity index (χ2v) is 5.74. The molecule has 6 nitrogen and oxygen atoms in total. The molecule has 2 aromatic carbocycles. The molecule has 0 unspecified atom stereocenters. The van der Waals surface area contributed by atoms with Crippen LogP contribution in [0.3, 0.4) is 0 Å². The van der Waals surface area contributed by atoms with E-state index in [1.807, 2.05) is 68.7 Å². The topological polar surface area (TPSA) is 65.5 Å². The molecule has 0 aliphatic carbocycles. The third-order valence-corrected chi connectivity index (χ3v) is 4.03. The van der Waals surface area contributed by atoms with E-state index in [0.717, 1.165) is 28.3 Å². The molecule has 1 heterocycles. The number of hydrogen-bond acceptors (Lipinski definition) is 5. The van der Waals surface area contributed by atoms with Crippen molar-refractivity contribution in [1.82, 2.24) is 9.78 Å². The molecule has 3 aromatic rings. The monoisotopic (exact) mass is 338 g/mol. The number of anilines is 1. The number of methoxy groups -OCH3 is 1. The van der Waals surface area contributed by atoms with Crippen LogP contribution in [0.25, 0.3) is 5.69 Å². The van der Waals surface area contributed by atoms with Crippen LogP contribution in [0.4, 0.5) is 5.69 Å². The Bertz CT molecular complexity index is 858. The maximum Gasteiger partial charge on any atom is 0.233 e. The zero-order chi connectivity index (χ0) is 17.8. The van der Waals surface area contributed by atoms with Crippen LogP contribution in [0, 0.1) is 6.92 Å². The summed E-state index contributed by atoms with van der Waals surface area (Å²) in [6, 6.07) is 15.5. The van der Waals surface area contributed by atoms with E-state index in [9.17, 15) is 0 Å². The number of rotatable bonds is 6. The Balaban J connectivity index is 1.79. The summed E-state index contributed by atoms with van der Waals surface area (Å²) in [5.74, 6) is 7.20. The largest absolute Gasteiger partial charge is 0.494 e. The van der Waals surface area contributed by atoms with Crippen molar-refractivity contribution in [3.63, 3.8) is 0 Å². The number of hydrazine groups is 1. The number of ether oxygens (including phenoxy) is 2. The summed E-state index contributed by atoms with van der Waals surface area (Å²) in [6.45, 7) is 2.44. The van der Waals surface area contributed by atoms with Crippen molar-refractivity contribution >= 4 is 5.69 Å². The summed E-state index contributed by atoms with van der Waals surface area (Å²) in [4.78, 5) is 0. The number of benzene rings is 2. The smallest absolute Gasteiger partial charge is 0.233 e. The first-order chi connectivity index (χ1) is 12.1. The van der Waals surface area contributed by atoms with Crippen molar-refractivity contribution < 1.29 is 9.47 Å². The third kappa shape index (κ3) is 3.59. The van der Waals surface area contributed by atoms with E-state index >= 15 is 0 Å². The summed E-state index contributed by atoms with van der Waals surface area (Å²) in [7, 11) is 3.46. The highest BCUT2D eigenvalue weighted by molar-refractivity contribution is 5.55. The summed E-state index contributed by atoms with van der Waals surface area (Å²) < 4.78 is 13.0. The van der Waals surface area contributed by atoms with Crippen molar-refractivity contribution in [1.29, 1.82) is 0 Å². The Morgan fingerprint density at radius 2 is 1.92 bits per heavy atom. The van der Waals surface area contributed by atoms with Crippen molar-refractivity contribution in [2.75, 3.05) is 19.2 Å². The van der Waals surface area contributed by atoms with Crippen LogP contribution >= 0.6 is 0 Å². The fraction of sp³-hybridized carbons (Fsp3) is 0.211. The van der Waals surface area contributed by atoms with Gasteiger partial charge >= 0.3 is 0 Å². The van der Waals surface area contributed by atoms with Gasteiger partial charge in [-0.1, -0.05) is 24.3 Å². The lowest BCUT2D eigenvalue weighted by atomic mass is 10.1. The Morgan fingerprint density at radius 1 is 1.12 bits per heavy atom. The molecule has 0 aliphatic rings. The third-order valence-electron chi connectivity index (χ3n) is 4.03. The van der Waals surface area contributed by atoms with Gasteiger partial charge in [0.1, 0.15) is 18.0 Å². The van der Waals surface area contributed by atoms with Crippen LogP contribution in [0.2, 0.25) is 0 Å². The Labute approximate surface area is 147 Å². The van der Waals surface area contributed by atoms with Crippen LogP contribution in [0.5, 0.6) is 11.6 Å². The van der Waals surface area contributed by atoms with Gasteiger partial charge in [-0.05, 0) is 30.7 Å². The van der Waals surface area contributed by atoms with Gasteiger partial charge < -0.3 is 14.5 Å². The lowest BCUT2D eigenvalue weighted by Crippen LogP contribution is -2.26. The molecule has 0 radical (unpaired) electrons. The molecule has 2 N–H and O–H groups in total. The number of aryl methyl sites for hydroxylation is 1. The van der Waals surface area contributed by atoms with Crippen LogP contribution in [-0.2, 0) is 6.61 Å². The summed E-state index contributed by atoms with van der Waals surface area (Å²) >= 11 is 0. The summed E-state index contributed by atoms with van der Waals surface area (Å²) in [6.07, 6.45) is 1.85. The van der Waals surface area contributed by atoms with Crippen molar-refractivity contribution in [3.8, 4) is 17.3 Å². The SMILES string of the molecule is COc1ccccc1-n1ccc(OCc2c(C)cccc2N(C)N)n1. The van der Waals surface area contributed by atoms with Crippen molar-refractivity contribution in [3.05, 3.63) is 65.9 Å². The quantitative estimate of drug-likeness (QED) is 0.553. The molecule has 130 valence electrons. The van der Waals surface area contributed by atoms with E-state index in [1.165, 1.54) is 0 Å². The fourth-order valence-electron chi connectivity index (χ4n) is 2.69. The van der Waals surface area contributed by atoms with Gasteiger partial charge in [0.15, 0.2) is 0 Å². The van der Waals surface area contributed by atoms with Crippen LogP contribution in [0.1, 0.15) is 11.1 Å². The molecule has 0 fully saturated rings. The first-order valence-corrected chi connectivity index (χ1v) is 7.99. The van der Waals surface area contributed by atoms with Gasteiger partial charge in [-0.2, -0.15) is 0 Å². The van der Waals surface area contributed by atoms with Crippen LogP contribution < -0.4 is 20.3 Å². The van der Waals surface area contributed by atoms with Gasteiger partial charge in [0.25, 0.3) is 0 Å². The molecule has 0 aliphatic heterocycles. The fourth-order valence-corrected chi connectivity index (χ4v) is 2.69. The zero-order valence-electron chi connectivity index (χ0n) is 14.6. The second kappa shape index (κ2) is 7.27. The molecule has 25 heavy (non-hydrogen) atoms. The first kappa shape index (κ1) is 16.9. The van der Waals surface area contributed by atoms with Gasteiger partial charge in [-0.25, -0.2) is 10.5 Å². The van der Waals surface area contributed by atoms with Crippen LogP contribution in [0.15, 0.2) is 54.7 Å². The molecule has 6 heteroatoms. The predicted molar refractivity (Wildman–Crippen MR) is 98.2 cm³/mol. The minimum absolute atomic E-state index is 0.395. The minimum Gasteiger partial charge on any atom is -0.494 e. The molecule has 0 atom stereocenters. The highest BCUT2D eigenvalue weighted by atomic mass is 16.5. The van der Waals surface area contributed by atoms with Crippen molar-refractivity contribution in [2.45, 2.75) is 13.5 Å². The van der Waals surface area contributed by atoms with Crippen LogP contribution in [-0.4, -0.2) is 23.9 Å². The van der Waals surface area contributed by atoms with Crippen molar-refractivity contribution in [2.24, 2.45) is 5.84 Å². The summed E-state index contributed by atoms with van der Waals surface area (Å²) in [5, 5.41) is 6.07. The van der Waals surface area contributed by atoms with E-state index in [4.69, 9.17) is 15.3 Å². The average molecular weight is 338 g/mol. The van der Waals surface area contributed by atoms with Gasteiger partial charge in [0, 0.05) is 24.9 Å². The number of aromatic nitrogens is 2. The Morgan fingerprint density at radius 3 is 2.68 bits per heavy atom. The molecule has 0 spiro atoms. The molecule has 0 saturated heterocycles. The van der Waals surface area contributed by atoms with Gasteiger partial charge in [-0.3, -0.25) is 0 Å². The van der Waals surface area contributed by atoms with E-state index in [1.54, 1.807) is 16.8 Å². The standard InChI is InChI=1S/C19H22N4O2/c1-14-7-6-9-16(22(2)20)15(14)13-25-19-11-12-23(21-19)17-8-4-5-10-18(17)24-3/h4-12H,13,20H2,1-3H3. The molecular formula is C19H22N4O2. The lowest BCUT2D eigenvalue weighted by molar-refractivity contribution is 0.291. The molecule has 0 amide bonds. The zero-order valence-corrected chi connectivity index (χ0v) is 14.6. The normalized spacial score (nSPS) is 10.6. The second-order valence-electron chi connectivity index (χ2n) is 5.74. The number of para-hydroxylation sites is 2. The molecule has 0 saturated carbocycles. The van der Waals surface area contributed by atoms with Gasteiger partial charge in [0.2, 0.25) is 5.88 Å². The highest BCUT2D eigenvalue weighted by Crippen LogP contribution is 2.25. The van der Waals surface area contributed by atoms with Gasteiger partial charge in [0.05, 0.1) is 12.8 Å². The molecule has 1 aromatic heterocycles. The van der Waals surface area contributed by atoms with E-state index in [-0.39, 0.29) is 0 Å². The van der Waals surface area contributed by atoms with E-state index < -0.39 is 0 Å². The summed E-state index contributed by atoms with van der Waals surface area (Å²) in [5.41, 5.74) is 3.96. The minimum atomic E-state index is 0.395.